The van der Waals surface area contributed by atoms with E-state index in [-0.39, 0.29) is 11.2 Å². The van der Waals surface area contributed by atoms with E-state index in [9.17, 15) is 4.79 Å². The van der Waals surface area contributed by atoms with Gasteiger partial charge in [0, 0.05) is 32.0 Å². The summed E-state index contributed by atoms with van der Waals surface area (Å²) in [6, 6.07) is 18.4. The number of hydrazone groups is 1. The van der Waals surface area contributed by atoms with Gasteiger partial charge in [-0.3, -0.25) is 4.79 Å². The van der Waals surface area contributed by atoms with E-state index >= 15 is 0 Å². The van der Waals surface area contributed by atoms with Gasteiger partial charge in [0.25, 0.3) is 5.91 Å². The number of aryl methyl sites for hydroxylation is 2. The molecule has 0 aliphatic carbocycles. The van der Waals surface area contributed by atoms with Crippen molar-refractivity contribution in [2.24, 2.45) is 5.10 Å². The molecule has 29 heavy (non-hydrogen) atoms. The van der Waals surface area contributed by atoms with Crippen molar-refractivity contribution in [1.29, 1.82) is 0 Å². The zero-order valence-corrected chi connectivity index (χ0v) is 19.3. The molecule has 6 heteroatoms. The van der Waals surface area contributed by atoms with Crippen molar-refractivity contribution >= 4 is 39.8 Å². The third-order valence-electron chi connectivity index (χ3n) is 4.62. The quantitative estimate of drug-likeness (QED) is 0.281. The predicted molar refractivity (Wildman–Crippen MR) is 125 cm³/mol. The molecule has 1 amide bonds. The Morgan fingerprint density at radius 1 is 1.14 bits per heavy atom. The van der Waals surface area contributed by atoms with Gasteiger partial charge in [-0.25, -0.2) is 5.43 Å². The van der Waals surface area contributed by atoms with Gasteiger partial charge in [0.1, 0.15) is 0 Å². The third-order valence-corrected chi connectivity index (χ3v) is 6.22. The van der Waals surface area contributed by atoms with Crippen LogP contribution >= 0.6 is 27.7 Å². The van der Waals surface area contributed by atoms with Gasteiger partial charge in [0.05, 0.1) is 11.5 Å². The lowest BCUT2D eigenvalue weighted by molar-refractivity contribution is -0.120. The average molecular weight is 470 g/mol. The lowest BCUT2D eigenvalue weighted by atomic mass is 10.2. The van der Waals surface area contributed by atoms with E-state index in [0.717, 1.165) is 32.0 Å². The molecule has 0 fully saturated rings. The normalized spacial score (nSPS) is 12.3. The summed E-state index contributed by atoms with van der Waals surface area (Å²) in [5, 5.41) is 3.95. The Balaban J connectivity index is 1.66. The van der Waals surface area contributed by atoms with E-state index in [0.29, 0.717) is 0 Å². The molecule has 1 atom stereocenters. The number of carbonyl (C=O) groups is 1. The smallest absolute Gasteiger partial charge is 0.253 e. The lowest BCUT2D eigenvalue weighted by Crippen LogP contribution is -2.26. The first-order valence-corrected chi connectivity index (χ1v) is 11.0. The zero-order valence-electron chi connectivity index (χ0n) is 16.9. The van der Waals surface area contributed by atoms with Crippen LogP contribution in [0.15, 0.2) is 69.1 Å². The average Bonchev–Trinajstić information content (AvgIpc) is 2.97. The Morgan fingerprint density at radius 2 is 1.86 bits per heavy atom. The molecule has 3 aromatic rings. The highest BCUT2D eigenvalue weighted by molar-refractivity contribution is 9.10. The second kappa shape index (κ2) is 9.46. The highest BCUT2D eigenvalue weighted by atomic mass is 79.9. The molecule has 0 bridgehead atoms. The minimum absolute atomic E-state index is 0.118. The Bertz CT molecular complexity index is 1040. The van der Waals surface area contributed by atoms with Gasteiger partial charge in [0.15, 0.2) is 0 Å². The van der Waals surface area contributed by atoms with Crippen LogP contribution in [0.2, 0.25) is 0 Å². The topological polar surface area (TPSA) is 46.4 Å². The van der Waals surface area contributed by atoms with E-state index in [1.165, 1.54) is 17.3 Å². The first kappa shape index (κ1) is 21.4. The summed E-state index contributed by atoms with van der Waals surface area (Å²) in [5.74, 6) is -0.118. The second-order valence-corrected chi connectivity index (χ2v) is 9.28. The van der Waals surface area contributed by atoms with Crippen molar-refractivity contribution in [2.45, 2.75) is 37.8 Å². The number of hydrogen-bond donors (Lipinski definition) is 1. The molecule has 0 unspecified atom stereocenters. The lowest BCUT2D eigenvalue weighted by Gasteiger charge is -2.10. The predicted octanol–water partition coefficient (Wildman–Crippen LogP) is 5.80. The number of amides is 1. The molecule has 0 radical (unpaired) electrons. The molecule has 2 aromatic carbocycles. The molecule has 1 N–H and O–H groups in total. The van der Waals surface area contributed by atoms with Crippen LogP contribution in [0.4, 0.5) is 0 Å². The fraction of sp³-hybridized carbons (Fsp3) is 0.217. The van der Waals surface area contributed by atoms with E-state index in [2.05, 4.69) is 56.1 Å². The molecule has 1 heterocycles. The van der Waals surface area contributed by atoms with Crippen molar-refractivity contribution in [3.05, 3.63) is 81.6 Å². The van der Waals surface area contributed by atoms with Crippen molar-refractivity contribution in [2.75, 3.05) is 0 Å². The summed E-state index contributed by atoms with van der Waals surface area (Å²) in [4.78, 5) is 13.4. The summed E-state index contributed by atoms with van der Waals surface area (Å²) in [7, 11) is 0. The maximum atomic E-state index is 12.4. The SMILES string of the molecule is Cc1ccc(S[C@@H](C)C(=O)N/N=C\c2cc(C)n(-c3cccc(Br)c3)c2C)cc1. The summed E-state index contributed by atoms with van der Waals surface area (Å²) in [6.45, 7) is 8.04. The fourth-order valence-electron chi connectivity index (χ4n) is 3.06. The van der Waals surface area contributed by atoms with Crippen LogP contribution in [0.25, 0.3) is 5.69 Å². The molecule has 3 rings (SSSR count). The van der Waals surface area contributed by atoms with Crippen molar-refractivity contribution in [1.82, 2.24) is 9.99 Å². The number of rotatable bonds is 6. The van der Waals surface area contributed by atoms with Gasteiger partial charge in [-0.15, -0.1) is 11.8 Å². The molecular weight excluding hydrogens is 446 g/mol. The van der Waals surface area contributed by atoms with Crippen LogP contribution in [0.3, 0.4) is 0 Å². The molecule has 150 valence electrons. The molecule has 0 aliphatic heterocycles. The van der Waals surface area contributed by atoms with Crippen molar-refractivity contribution in [3.8, 4) is 5.69 Å². The Hall–Kier alpha value is -2.31. The zero-order chi connectivity index (χ0) is 21.0. The molecule has 0 saturated carbocycles. The Labute approximate surface area is 184 Å². The molecule has 0 spiro atoms. The number of thioether (sulfide) groups is 1. The fourth-order valence-corrected chi connectivity index (χ4v) is 4.31. The molecule has 0 saturated heterocycles. The number of aromatic nitrogens is 1. The van der Waals surface area contributed by atoms with Crippen LogP contribution in [0, 0.1) is 20.8 Å². The van der Waals surface area contributed by atoms with E-state index in [1.807, 2.05) is 57.2 Å². The minimum Gasteiger partial charge on any atom is -0.318 e. The molecular formula is C23H24BrN3OS. The molecule has 1 aromatic heterocycles. The van der Waals surface area contributed by atoms with Gasteiger partial charge < -0.3 is 4.57 Å². The largest absolute Gasteiger partial charge is 0.318 e. The first-order valence-electron chi connectivity index (χ1n) is 9.36. The second-order valence-electron chi connectivity index (χ2n) is 6.95. The van der Waals surface area contributed by atoms with Crippen LogP contribution in [-0.2, 0) is 4.79 Å². The van der Waals surface area contributed by atoms with Gasteiger partial charge >= 0.3 is 0 Å². The van der Waals surface area contributed by atoms with Crippen LogP contribution in [-0.4, -0.2) is 21.9 Å². The van der Waals surface area contributed by atoms with Gasteiger partial charge in [-0.05, 0) is 64.1 Å². The van der Waals surface area contributed by atoms with Crippen molar-refractivity contribution < 1.29 is 4.79 Å². The van der Waals surface area contributed by atoms with Gasteiger partial charge in [-0.1, -0.05) is 39.7 Å². The standard InChI is InChI=1S/C23H24BrN3OS/c1-15-8-10-22(11-9-15)29-18(4)23(28)26-25-14-19-12-16(2)27(17(19)3)21-7-5-6-20(24)13-21/h5-14,18H,1-4H3,(H,26,28)/b25-14-/t18-/m0/s1. The summed E-state index contributed by atoms with van der Waals surface area (Å²) in [6.07, 6.45) is 1.71. The number of benzene rings is 2. The van der Waals surface area contributed by atoms with Gasteiger partial charge in [-0.2, -0.15) is 5.10 Å². The number of nitrogens with one attached hydrogen (secondary N) is 1. The maximum Gasteiger partial charge on any atom is 0.253 e. The van der Waals surface area contributed by atoms with E-state index in [4.69, 9.17) is 0 Å². The summed E-state index contributed by atoms with van der Waals surface area (Å²) >= 11 is 5.05. The third kappa shape index (κ3) is 5.40. The molecule has 0 aliphatic rings. The summed E-state index contributed by atoms with van der Waals surface area (Å²) in [5.41, 5.74) is 8.10. The highest BCUT2D eigenvalue weighted by Gasteiger charge is 2.14. The first-order chi connectivity index (χ1) is 13.8. The van der Waals surface area contributed by atoms with Crippen molar-refractivity contribution in [3.63, 3.8) is 0 Å². The molecule has 4 nitrogen and oxygen atoms in total. The monoisotopic (exact) mass is 469 g/mol. The van der Waals surface area contributed by atoms with Crippen LogP contribution in [0.1, 0.15) is 29.4 Å². The summed E-state index contributed by atoms with van der Waals surface area (Å²) < 4.78 is 3.20. The van der Waals surface area contributed by atoms with Crippen LogP contribution < -0.4 is 5.43 Å². The number of carbonyl (C=O) groups excluding carboxylic acids is 1. The number of nitrogens with zero attached hydrogens (tertiary/aromatic N) is 2. The Kier molecular flexibility index (Phi) is 6.98. The maximum absolute atomic E-state index is 12.4. The Morgan fingerprint density at radius 3 is 2.55 bits per heavy atom. The highest BCUT2D eigenvalue weighted by Crippen LogP contribution is 2.24. The number of hydrogen-bond acceptors (Lipinski definition) is 3. The number of halogens is 1. The van der Waals surface area contributed by atoms with E-state index in [1.54, 1.807) is 6.21 Å². The minimum atomic E-state index is -0.232. The van der Waals surface area contributed by atoms with E-state index < -0.39 is 0 Å². The van der Waals surface area contributed by atoms with Gasteiger partial charge in [0.2, 0.25) is 0 Å². The van der Waals surface area contributed by atoms with Crippen LogP contribution in [0.5, 0.6) is 0 Å².